The van der Waals surface area contributed by atoms with Crippen molar-refractivity contribution in [3.63, 3.8) is 0 Å². The minimum Gasteiger partial charge on any atom is -0.465 e. The second-order valence-electron chi connectivity index (χ2n) is 4.55. The molecular weight excluding hydrogens is 278 g/mol. The Morgan fingerprint density at radius 1 is 1.19 bits per heavy atom. The van der Waals surface area contributed by atoms with Gasteiger partial charge in [-0.25, -0.2) is 9.59 Å². The molecule has 116 valence electrons. The minimum atomic E-state index is -0.977. The van der Waals surface area contributed by atoms with Gasteiger partial charge in [0.15, 0.2) is 6.10 Å². The second kappa shape index (κ2) is 7.03. The zero-order chi connectivity index (χ0) is 16.2. The van der Waals surface area contributed by atoms with E-state index in [1.165, 1.54) is 21.1 Å². The molecular formula is C14H19NO6. The molecule has 1 N–H and O–H groups in total. The van der Waals surface area contributed by atoms with Crippen LogP contribution in [-0.2, 0) is 19.0 Å². The van der Waals surface area contributed by atoms with E-state index >= 15 is 0 Å². The van der Waals surface area contributed by atoms with Gasteiger partial charge in [0, 0.05) is 12.8 Å². The number of H-pyrrole nitrogens is 1. The standard InChI is InChI=1S/C14H19NO6/c1-7-11(14(18)20-5)8(2)15-12(7)13(17)9(3)21-10(16)6-19-4/h9,15H,6H2,1-5H3/t9-/m1/s1. The highest BCUT2D eigenvalue weighted by molar-refractivity contribution is 6.03. The Morgan fingerprint density at radius 2 is 1.81 bits per heavy atom. The van der Waals surface area contributed by atoms with Crippen LogP contribution in [0.5, 0.6) is 0 Å². The molecule has 0 saturated carbocycles. The number of nitrogens with one attached hydrogen (secondary N) is 1. The van der Waals surface area contributed by atoms with Crippen LogP contribution in [0.15, 0.2) is 0 Å². The van der Waals surface area contributed by atoms with Crippen LogP contribution >= 0.6 is 0 Å². The fourth-order valence-electron chi connectivity index (χ4n) is 2.01. The van der Waals surface area contributed by atoms with Gasteiger partial charge in [-0.05, 0) is 26.3 Å². The van der Waals surface area contributed by atoms with Crippen LogP contribution in [0.2, 0.25) is 0 Å². The summed E-state index contributed by atoms with van der Waals surface area (Å²) >= 11 is 0. The van der Waals surface area contributed by atoms with Crippen molar-refractivity contribution in [1.82, 2.24) is 4.98 Å². The van der Waals surface area contributed by atoms with Gasteiger partial charge >= 0.3 is 11.9 Å². The van der Waals surface area contributed by atoms with Crippen molar-refractivity contribution >= 4 is 17.7 Å². The number of esters is 2. The lowest BCUT2D eigenvalue weighted by Gasteiger charge is -2.11. The molecule has 0 amide bonds. The van der Waals surface area contributed by atoms with E-state index in [4.69, 9.17) is 4.74 Å². The summed E-state index contributed by atoms with van der Waals surface area (Å²) in [5.41, 5.74) is 1.54. The molecule has 1 atom stereocenters. The number of carbonyl (C=O) groups excluding carboxylic acids is 3. The first-order chi connectivity index (χ1) is 9.83. The molecule has 1 aromatic heterocycles. The Hall–Kier alpha value is -2.15. The van der Waals surface area contributed by atoms with Crippen molar-refractivity contribution in [2.45, 2.75) is 26.9 Å². The van der Waals surface area contributed by atoms with Gasteiger partial charge in [0.2, 0.25) is 5.78 Å². The maximum Gasteiger partial charge on any atom is 0.339 e. The van der Waals surface area contributed by atoms with Crippen molar-refractivity contribution in [2.75, 3.05) is 20.8 Å². The summed E-state index contributed by atoms with van der Waals surface area (Å²) in [5, 5.41) is 0. The highest BCUT2D eigenvalue weighted by atomic mass is 16.6. The fourth-order valence-corrected chi connectivity index (χ4v) is 2.01. The SMILES string of the molecule is COCC(=O)O[C@H](C)C(=O)c1[nH]c(C)c(C(=O)OC)c1C. The topological polar surface area (TPSA) is 94.7 Å². The Balaban J connectivity index is 2.98. The number of aromatic nitrogens is 1. The molecule has 7 nitrogen and oxygen atoms in total. The molecule has 0 fully saturated rings. The number of ether oxygens (including phenoxy) is 3. The zero-order valence-corrected chi connectivity index (χ0v) is 12.7. The van der Waals surface area contributed by atoms with E-state index in [1.54, 1.807) is 13.8 Å². The number of aromatic amines is 1. The van der Waals surface area contributed by atoms with Crippen LogP contribution in [0.1, 0.15) is 39.0 Å². The van der Waals surface area contributed by atoms with Crippen LogP contribution in [0.25, 0.3) is 0 Å². The smallest absolute Gasteiger partial charge is 0.339 e. The molecule has 0 saturated heterocycles. The first-order valence-corrected chi connectivity index (χ1v) is 6.33. The van der Waals surface area contributed by atoms with E-state index in [2.05, 4.69) is 14.5 Å². The fraction of sp³-hybridized carbons (Fsp3) is 0.500. The average Bonchev–Trinajstić information content (AvgIpc) is 2.72. The lowest BCUT2D eigenvalue weighted by molar-refractivity contribution is -0.150. The van der Waals surface area contributed by atoms with Gasteiger partial charge < -0.3 is 19.2 Å². The van der Waals surface area contributed by atoms with Crippen LogP contribution in [0.4, 0.5) is 0 Å². The maximum absolute atomic E-state index is 12.3. The number of carbonyl (C=O) groups is 3. The highest BCUT2D eigenvalue weighted by Gasteiger charge is 2.27. The van der Waals surface area contributed by atoms with Crippen molar-refractivity contribution in [3.8, 4) is 0 Å². The summed E-state index contributed by atoms with van der Waals surface area (Å²) < 4.78 is 14.3. The number of hydrogen-bond acceptors (Lipinski definition) is 6. The molecule has 0 aliphatic heterocycles. The second-order valence-corrected chi connectivity index (χ2v) is 4.55. The van der Waals surface area contributed by atoms with E-state index in [-0.39, 0.29) is 12.3 Å². The summed E-state index contributed by atoms with van der Waals surface area (Å²) in [7, 11) is 2.62. The molecule has 21 heavy (non-hydrogen) atoms. The molecule has 0 aliphatic rings. The Bertz CT molecular complexity index is 560. The maximum atomic E-state index is 12.3. The predicted molar refractivity (Wildman–Crippen MR) is 73.4 cm³/mol. The first kappa shape index (κ1) is 16.9. The molecule has 0 unspecified atom stereocenters. The number of aryl methyl sites for hydroxylation is 1. The normalized spacial score (nSPS) is 11.9. The van der Waals surface area contributed by atoms with Gasteiger partial charge in [-0.3, -0.25) is 4.79 Å². The number of hydrogen-bond donors (Lipinski definition) is 1. The molecule has 0 bridgehead atoms. The third-order valence-corrected chi connectivity index (χ3v) is 3.01. The molecule has 0 spiro atoms. The van der Waals surface area contributed by atoms with Gasteiger partial charge in [-0.15, -0.1) is 0 Å². The van der Waals surface area contributed by atoms with Crippen molar-refractivity contribution < 1.29 is 28.6 Å². The number of Topliss-reactive ketones (excluding diaryl/α,β-unsaturated/α-hetero) is 1. The van der Waals surface area contributed by atoms with E-state index in [1.807, 2.05) is 0 Å². The number of methoxy groups -OCH3 is 2. The average molecular weight is 297 g/mol. The molecule has 0 aromatic carbocycles. The Morgan fingerprint density at radius 3 is 2.33 bits per heavy atom. The van der Waals surface area contributed by atoms with E-state index < -0.39 is 23.8 Å². The summed E-state index contributed by atoms with van der Waals surface area (Å²) in [6, 6.07) is 0. The largest absolute Gasteiger partial charge is 0.465 e. The molecule has 7 heteroatoms. The van der Waals surface area contributed by atoms with Crippen molar-refractivity contribution in [3.05, 3.63) is 22.5 Å². The summed E-state index contributed by atoms with van der Waals surface area (Å²) in [6.45, 7) is 4.53. The van der Waals surface area contributed by atoms with Gasteiger partial charge in [-0.2, -0.15) is 0 Å². The molecule has 1 rings (SSSR count). The third-order valence-electron chi connectivity index (χ3n) is 3.01. The zero-order valence-electron chi connectivity index (χ0n) is 12.7. The van der Waals surface area contributed by atoms with Crippen molar-refractivity contribution in [2.24, 2.45) is 0 Å². The van der Waals surface area contributed by atoms with Gasteiger partial charge in [0.1, 0.15) is 6.61 Å². The Kier molecular flexibility index (Phi) is 5.66. The number of rotatable bonds is 6. The Labute approximate surface area is 122 Å². The predicted octanol–water partition coefficient (Wildman–Crippen LogP) is 1.18. The van der Waals surface area contributed by atoms with Gasteiger partial charge in [-0.1, -0.05) is 0 Å². The molecule has 0 aliphatic carbocycles. The van der Waals surface area contributed by atoms with Gasteiger partial charge in [0.25, 0.3) is 0 Å². The summed E-state index contributed by atoms with van der Waals surface area (Å²) in [4.78, 5) is 38.1. The van der Waals surface area contributed by atoms with Crippen molar-refractivity contribution in [1.29, 1.82) is 0 Å². The molecule has 0 radical (unpaired) electrons. The number of ketones is 1. The van der Waals surface area contributed by atoms with E-state index in [0.29, 0.717) is 16.8 Å². The minimum absolute atomic E-state index is 0.227. The summed E-state index contributed by atoms with van der Waals surface area (Å²) in [6.07, 6.45) is -0.977. The third kappa shape index (κ3) is 3.69. The summed E-state index contributed by atoms with van der Waals surface area (Å²) in [5.74, 6) is -1.58. The lowest BCUT2D eigenvalue weighted by Crippen LogP contribution is -2.27. The highest BCUT2D eigenvalue weighted by Crippen LogP contribution is 2.20. The van der Waals surface area contributed by atoms with E-state index in [9.17, 15) is 14.4 Å². The first-order valence-electron chi connectivity index (χ1n) is 6.33. The molecule has 1 aromatic rings. The monoisotopic (exact) mass is 297 g/mol. The van der Waals surface area contributed by atoms with Crippen LogP contribution in [-0.4, -0.2) is 49.6 Å². The van der Waals surface area contributed by atoms with Gasteiger partial charge in [0.05, 0.1) is 18.4 Å². The van der Waals surface area contributed by atoms with Crippen LogP contribution in [0.3, 0.4) is 0 Å². The lowest BCUT2D eigenvalue weighted by atomic mass is 10.1. The van der Waals surface area contributed by atoms with Crippen LogP contribution in [0, 0.1) is 13.8 Å². The quantitative estimate of drug-likeness (QED) is 0.626. The molecule has 1 heterocycles. The van der Waals surface area contributed by atoms with Crippen LogP contribution < -0.4 is 0 Å². The van der Waals surface area contributed by atoms with E-state index in [0.717, 1.165) is 0 Å².